The Morgan fingerprint density at radius 3 is 2.54 bits per heavy atom. The Bertz CT molecular complexity index is 314. The van der Waals surface area contributed by atoms with Crippen LogP contribution >= 0.6 is 11.6 Å². The van der Waals surface area contributed by atoms with Gasteiger partial charge in [0.25, 0.3) is 0 Å². The molecule has 0 unspecified atom stereocenters. The van der Waals surface area contributed by atoms with Gasteiger partial charge in [0.2, 0.25) is 0 Å². The molecule has 0 heterocycles. The van der Waals surface area contributed by atoms with Gasteiger partial charge in [-0.1, -0.05) is 17.7 Å². The van der Waals surface area contributed by atoms with Crippen LogP contribution in [0.1, 0.15) is 19.4 Å². The van der Waals surface area contributed by atoms with Gasteiger partial charge in [0, 0.05) is 10.6 Å². The number of nitrogens with two attached hydrogens (primary N) is 1. The highest BCUT2D eigenvalue weighted by atomic mass is 35.5. The van der Waals surface area contributed by atoms with E-state index in [0.29, 0.717) is 10.6 Å². The lowest BCUT2D eigenvalue weighted by molar-refractivity contribution is -0.0235. The summed E-state index contributed by atoms with van der Waals surface area (Å²) in [5.41, 5.74) is -0.0387. The zero-order valence-electron chi connectivity index (χ0n) is 7.47. The molecular formula is C9H11ClFNO. The van der Waals surface area contributed by atoms with Gasteiger partial charge in [-0.15, -0.1) is 0 Å². The number of benzene rings is 1. The molecule has 0 aliphatic heterocycles. The molecule has 2 N–H and O–H groups in total. The van der Waals surface area contributed by atoms with Crippen molar-refractivity contribution in [1.29, 1.82) is 0 Å². The van der Waals surface area contributed by atoms with Crippen molar-refractivity contribution in [2.75, 3.05) is 0 Å². The Labute approximate surface area is 81.4 Å². The van der Waals surface area contributed by atoms with Gasteiger partial charge in [-0.05, 0) is 26.0 Å². The third-order valence-electron chi connectivity index (χ3n) is 1.87. The lowest BCUT2D eigenvalue weighted by Crippen LogP contribution is -2.25. The highest BCUT2D eigenvalue weighted by Crippen LogP contribution is 2.29. The summed E-state index contributed by atoms with van der Waals surface area (Å²) in [6, 6.07) is 4.12. The first-order valence-corrected chi connectivity index (χ1v) is 4.18. The second-order valence-corrected chi connectivity index (χ2v) is 3.66. The summed E-state index contributed by atoms with van der Waals surface area (Å²) in [7, 11) is 0. The lowest BCUT2D eigenvalue weighted by Gasteiger charge is -2.23. The van der Waals surface area contributed by atoms with Crippen LogP contribution in [0.15, 0.2) is 18.2 Å². The Morgan fingerprint density at radius 2 is 2.08 bits per heavy atom. The van der Waals surface area contributed by atoms with Crippen LogP contribution in [-0.2, 0) is 10.4 Å². The van der Waals surface area contributed by atoms with Crippen LogP contribution in [-0.4, -0.2) is 0 Å². The first-order chi connectivity index (χ1) is 5.97. The molecule has 0 atom stereocenters. The van der Waals surface area contributed by atoms with Gasteiger partial charge in [-0.2, -0.15) is 0 Å². The molecule has 0 amide bonds. The van der Waals surface area contributed by atoms with E-state index in [0.717, 1.165) is 0 Å². The first kappa shape index (κ1) is 10.4. The monoisotopic (exact) mass is 203 g/mol. The van der Waals surface area contributed by atoms with Crippen molar-refractivity contribution >= 4 is 11.6 Å². The molecule has 0 saturated carbocycles. The van der Waals surface area contributed by atoms with Crippen LogP contribution in [0.4, 0.5) is 4.39 Å². The zero-order valence-corrected chi connectivity index (χ0v) is 8.23. The summed E-state index contributed by atoms with van der Waals surface area (Å²) < 4.78 is 12.7. The fraction of sp³-hybridized carbons (Fsp3) is 0.333. The molecular weight excluding hydrogens is 193 g/mol. The second kappa shape index (κ2) is 3.62. The Morgan fingerprint density at radius 1 is 1.46 bits per heavy atom. The Balaban J connectivity index is 3.16. The standard InChI is InChI=1S/C9H11ClFNO/c1-9(2,13-12)7-4-3-6(11)5-8(7)10/h3-5H,12H2,1-2H3. The zero-order chi connectivity index (χ0) is 10.1. The summed E-state index contributed by atoms with van der Waals surface area (Å²) in [5, 5.41) is 0.315. The predicted octanol–water partition coefficient (Wildman–Crippen LogP) is 2.60. The molecule has 4 heteroatoms. The largest absolute Gasteiger partial charge is 0.294 e. The number of rotatable bonds is 2. The van der Waals surface area contributed by atoms with Gasteiger partial charge >= 0.3 is 0 Å². The maximum atomic E-state index is 12.7. The molecule has 2 nitrogen and oxygen atoms in total. The Kier molecular flexibility index (Phi) is 2.91. The number of hydrogen-bond acceptors (Lipinski definition) is 2. The first-order valence-electron chi connectivity index (χ1n) is 3.81. The van der Waals surface area contributed by atoms with E-state index in [9.17, 15) is 4.39 Å². The molecule has 1 aromatic carbocycles. The van der Waals surface area contributed by atoms with Crippen LogP contribution in [0.2, 0.25) is 5.02 Å². The predicted molar refractivity (Wildman–Crippen MR) is 49.7 cm³/mol. The van der Waals surface area contributed by atoms with E-state index < -0.39 is 5.60 Å². The maximum Gasteiger partial charge on any atom is 0.124 e. The van der Waals surface area contributed by atoms with Crippen molar-refractivity contribution < 1.29 is 9.23 Å². The van der Waals surface area contributed by atoms with Gasteiger partial charge < -0.3 is 0 Å². The van der Waals surface area contributed by atoms with Gasteiger partial charge in [0.1, 0.15) is 11.4 Å². The molecule has 13 heavy (non-hydrogen) atoms. The van der Waals surface area contributed by atoms with Crippen molar-refractivity contribution in [2.24, 2.45) is 5.90 Å². The summed E-state index contributed by atoms with van der Waals surface area (Å²) in [5.74, 6) is 4.72. The molecule has 0 radical (unpaired) electrons. The van der Waals surface area contributed by atoms with E-state index >= 15 is 0 Å². The highest BCUT2D eigenvalue weighted by Gasteiger charge is 2.23. The SMILES string of the molecule is CC(C)(ON)c1ccc(F)cc1Cl. The van der Waals surface area contributed by atoms with Crippen molar-refractivity contribution in [3.05, 3.63) is 34.6 Å². The van der Waals surface area contributed by atoms with Gasteiger partial charge in [-0.3, -0.25) is 4.84 Å². The van der Waals surface area contributed by atoms with E-state index in [2.05, 4.69) is 0 Å². The van der Waals surface area contributed by atoms with Crippen LogP contribution in [0, 0.1) is 5.82 Å². The smallest absolute Gasteiger partial charge is 0.124 e. The van der Waals surface area contributed by atoms with E-state index in [1.165, 1.54) is 12.1 Å². The van der Waals surface area contributed by atoms with E-state index in [1.807, 2.05) is 0 Å². The molecule has 0 aliphatic rings. The van der Waals surface area contributed by atoms with Gasteiger partial charge in [0.05, 0.1) is 0 Å². The average molecular weight is 204 g/mol. The molecule has 0 bridgehead atoms. The Hall–Kier alpha value is -0.640. The van der Waals surface area contributed by atoms with Gasteiger partial charge in [-0.25, -0.2) is 10.3 Å². The van der Waals surface area contributed by atoms with Crippen molar-refractivity contribution in [3.8, 4) is 0 Å². The van der Waals surface area contributed by atoms with E-state index in [1.54, 1.807) is 19.9 Å². The number of halogens is 2. The van der Waals surface area contributed by atoms with Crippen molar-refractivity contribution in [2.45, 2.75) is 19.4 Å². The summed E-state index contributed by atoms with van der Waals surface area (Å²) in [4.78, 5) is 4.74. The van der Waals surface area contributed by atoms with Crippen LogP contribution < -0.4 is 5.90 Å². The third kappa shape index (κ3) is 2.18. The summed E-state index contributed by atoms with van der Waals surface area (Å²) in [6.07, 6.45) is 0. The molecule has 0 fully saturated rings. The lowest BCUT2D eigenvalue weighted by atomic mass is 9.98. The molecule has 72 valence electrons. The normalized spacial score (nSPS) is 11.8. The van der Waals surface area contributed by atoms with Crippen molar-refractivity contribution in [1.82, 2.24) is 0 Å². The van der Waals surface area contributed by atoms with Crippen LogP contribution in [0.5, 0.6) is 0 Å². The molecule has 0 aliphatic carbocycles. The summed E-state index contributed by atoms with van der Waals surface area (Å²) in [6.45, 7) is 3.51. The minimum absolute atomic E-state index is 0.315. The molecule has 0 aromatic heterocycles. The molecule has 0 spiro atoms. The van der Waals surface area contributed by atoms with Crippen LogP contribution in [0.3, 0.4) is 0 Å². The summed E-state index contributed by atoms with van der Waals surface area (Å²) >= 11 is 5.82. The highest BCUT2D eigenvalue weighted by molar-refractivity contribution is 6.31. The number of hydrogen-bond donors (Lipinski definition) is 1. The quantitative estimate of drug-likeness (QED) is 0.750. The average Bonchev–Trinajstić information content (AvgIpc) is 2.03. The minimum atomic E-state index is -0.704. The van der Waals surface area contributed by atoms with Crippen LogP contribution in [0.25, 0.3) is 0 Å². The maximum absolute atomic E-state index is 12.7. The third-order valence-corrected chi connectivity index (χ3v) is 2.19. The minimum Gasteiger partial charge on any atom is -0.294 e. The van der Waals surface area contributed by atoms with E-state index in [-0.39, 0.29) is 5.82 Å². The molecule has 1 rings (SSSR count). The van der Waals surface area contributed by atoms with Gasteiger partial charge in [0.15, 0.2) is 0 Å². The molecule has 0 saturated heterocycles. The second-order valence-electron chi connectivity index (χ2n) is 3.25. The molecule has 1 aromatic rings. The van der Waals surface area contributed by atoms with E-state index in [4.69, 9.17) is 22.3 Å². The van der Waals surface area contributed by atoms with Crippen molar-refractivity contribution in [3.63, 3.8) is 0 Å². The fourth-order valence-electron chi connectivity index (χ4n) is 1.04. The topological polar surface area (TPSA) is 35.2 Å². The fourth-order valence-corrected chi connectivity index (χ4v) is 1.44.